The average Bonchev–Trinajstić information content (AvgIpc) is 2.54. The molecule has 0 aliphatic heterocycles. The van der Waals surface area contributed by atoms with Crippen LogP contribution < -0.4 is 9.47 Å². The van der Waals surface area contributed by atoms with Crippen LogP contribution in [-0.2, 0) is 6.61 Å². The first-order valence-electron chi connectivity index (χ1n) is 6.22. The van der Waals surface area contributed by atoms with Gasteiger partial charge in [-0.2, -0.15) is 5.26 Å². The molecule has 2 aromatic rings. The molecule has 0 amide bonds. The molecular formula is C15H12N2O5. The van der Waals surface area contributed by atoms with Crippen LogP contribution in [0, 0.1) is 21.4 Å². The van der Waals surface area contributed by atoms with Gasteiger partial charge in [-0.25, -0.2) is 0 Å². The van der Waals surface area contributed by atoms with E-state index in [9.17, 15) is 15.2 Å². The number of aliphatic hydroxyl groups excluding tert-OH is 1. The van der Waals surface area contributed by atoms with Gasteiger partial charge in [0.25, 0.3) is 5.69 Å². The van der Waals surface area contributed by atoms with Crippen LogP contribution in [0.1, 0.15) is 11.1 Å². The Balaban J connectivity index is 2.38. The molecular weight excluding hydrogens is 288 g/mol. The van der Waals surface area contributed by atoms with Crippen LogP contribution in [0.15, 0.2) is 36.4 Å². The summed E-state index contributed by atoms with van der Waals surface area (Å²) in [6.07, 6.45) is 0. The van der Waals surface area contributed by atoms with Crippen LogP contribution in [0.5, 0.6) is 17.2 Å². The lowest BCUT2D eigenvalue weighted by molar-refractivity contribution is -0.384. The maximum atomic E-state index is 10.7. The highest BCUT2D eigenvalue weighted by Gasteiger charge is 2.13. The number of nitro benzene ring substituents is 1. The lowest BCUT2D eigenvalue weighted by atomic mass is 10.2. The first kappa shape index (κ1) is 15.3. The van der Waals surface area contributed by atoms with Gasteiger partial charge in [-0.3, -0.25) is 10.1 Å². The van der Waals surface area contributed by atoms with Crippen LogP contribution >= 0.6 is 0 Å². The summed E-state index contributed by atoms with van der Waals surface area (Å²) in [5.74, 6) is 1.03. The van der Waals surface area contributed by atoms with Crippen molar-refractivity contribution in [2.45, 2.75) is 6.61 Å². The topological polar surface area (TPSA) is 106 Å². The molecule has 0 saturated carbocycles. The molecule has 0 bridgehead atoms. The predicted molar refractivity (Wildman–Crippen MR) is 76.8 cm³/mol. The molecule has 7 heteroatoms. The van der Waals surface area contributed by atoms with E-state index in [1.807, 2.05) is 6.07 Å². The van der Waals surface area contributed by atoms with E-state index in [1.165, 1.54) is 19.2 Å². The highest BCUT2D eigenvalue weighted by Crippen LogP contribution is 2.31. The predicted octanol–water partition coefficient (Wildman–Crippen LogP) is 2.76. The number of rotatable bonds is 5. The van der Waals surface area contributed by atoms with Crippen molar-refractivity contribution in [2.75, 3.05) is 7.11 Å². The maximum absolute atomic E-state index is 10.7. The van der Waals surface area contributed by atoms with E-state index in [4.69, 9.17) is 14.7 Å². The Morgan fingerprint density at radius 2 is 2.00 bits per heavy atom. The fourth-order valence-electron chi connectivity index (χ4n) is 1.83. The van der Waals surface area contributed by atoms with Gasteiger partial charge in [0.15, 0.2) is 0 Å². The Morgan fingerprint density at radius 3 is 2.59 bits per heavy atom. The second-order valence-electron chi connectivity index (χ2n) is 4.33. The first-order valence-corrected chi connectivity index (χ1v) is 6.22. The van der Waals surface area contributed by atoms with Gasteiger partial charge in [0.1, 0.15) is 28.9 Å². The van der Waals surface area contributed by atoms with E-state index in [1.54, 1.807) is 18.2 Å². The third kappa shape index (κ3) is 3.31. The minimum Gasteiger partial charge on any atom is -0.497 e. The van der Waals surface area contributed by atoms with Gasteiger partial charge in [0.2, 0.25) is 0 Å². The number of hydrogen-bond acceptors (Lipinski definition) is 6. The normalized spacial score (nSPS) is 9.86. The van der Waals surface area contributed by atoms with Crippen molar-refractivity contribution in [3.8, 4) is 23.3 Å². The number of nitriles is 1. The van der Waals surface area contributed by atoms with Crippen molar-refractivity contribution in [2.24, 2.45) is 0 Å². The summed E-state index contributed by atoms with van der Waals surface area (Å²) in [4.78, 5) is 10.1. The van der Waals surface area contributed by atoms with Crippen molar-refractivity contribution in [1.29, 1.82) is 5.26 Å². The number of hydrogen-bond donors (Lipinski definition) is 1. The minimum absolute atomic E-state index is 0.0440. The van der Waals surface area contributed by atoms with Gasteiger partial charge in [-0.05, 0) is 23.8 Å². The van der Waals surface area contributed by atoms with Gasteiger partial charge in [-0.15, -0.1) is 0 Å². The molecule has 112 valence electrons. The van der Waals surface area contributed by atoms with E-state index in [-0.39, 0.29) is 23.6 Å². The third-order valence-electron chi connectivity index (χ3n) is 2.88. The fraction of sp³-hybridized carbons (Fsp3) is 0.133. The molecule has 0 radical (unpaired) electrons. The molecule has 0 atom stereocenters. The standard InChI is InChI=1S/C15H12N2O5/c1-21-13-4-10(9-18)5-14(7-13)22-15-3-2-12(17(19)20)6-11(15)8-16/h2-7,18H,9H2,1H3. The fourth-order valence-corrected chi connectivity index (χ4v) is 1.83. The van der Waals surface area contributed by atoms with Crippen molar-refractivity contribution in [1.82, 2.24) is 0 Å². The second-order valence-corrected chi connectivity index (χ2v) is 4.33. The van der Waals surface area contributed by atoms with Gasteiger partial charge in [0, 0.05) is 18.2 Å². The highest BCUT2D eigenvalue weighted by molar-refractivity contribution is 5.52. The first-order chi connectivity index (χ1) is 10.6. The summed E-state index contributed by atoms with van der Waals surface area (Å²) in [7, 11) is 1.48. The molecule has 2 aromatic carbocycles. The van der Waals surface area contributed by atoms with Gasteiger partial charge in [-0.1, -0.05) is 0 Å². The van der Waals surface area contributed by atoms with E-state index < -0.39 is 4.92 Å². The summed E-state index contributed by atoms with van der Waals surface area (Å²) >= 11 is 0. The van der Waals surface area contributed by atoms with E-state index in [0.717, 1.165) is 6.07 Å². The Morgan fingerprint density at radius 1 is 1.27 bits per heavy atom. The average molecular weight is 300 g/mol. The van der Waals surface area contributed by atoms with Crippen molar-refractivity contribution >= 4 is 5.69 Å². The number of benzene rings is 2. The molecule has 0 heterocycles. The molecule has 2 rings (SSSR count). The maximum Gasteiger partial charge on any atom is 0.271 e. The SMILES string of the molecule is COc1cc(CO)cc(Oc2ccc([N+](=O)[O-])cc2C#N)c1. The number of methoxy groups -OCH3 is 1. The van der Waals surface area contributed by atoms with Crippen LogP contribution in [0.3, 0.4) is 0 Å². The zero-order chi connectivity index (χ0) is 16.1. The third-order valence-corrected chi connectivity index (χ3v) is 2.88. The highest BCUT2D eigenvalue weighted by atomic mass is 16.6. The van der Waals surface area contributed by atoms with Crippen LogP contribution in [0.2, 0.25) is 0 Å². The number of non-ortho nitro benzene ring substituents is 1. The Labute approximate surface area is 126 Å². The Hall–Kier alpha value is -3.11. The second kappa shape index (κ2) is 6.56. The molecule has 0 aliphatic rings. The lowest BCUT2D eigenvalue weighted by Crippen LogP contribution is -1.94. The number of aliphatic hydroxyl groups is 1. The van der Waals surface area contributed by atoms with E-state index >= 15 is 0 Å². The van der Waals surface area contributed by atoms with Crippen LogP contribution in [0.25, 0.3) is 0 Å². The molecule has 0 saturated heterocycles. The summed E-state index contributed by atoms with van der Waals surface area (Å²) in [6.45, 7) is -0.196. The summed E-state index contributed by atoms with van der Waals surface area (Å²) < 4.78 is 10.7. The smallest absolute Gasteiger partial charge is 0.271 e. The van der Waals surface area contributed by atoms with Crippen molar-refractivity contribution in [3.05, 3.63) is 57.6 Å². The molecule has 0 unspecified atom stereocenters. The largest absolute Gasteiger partial charge is 0.497 e. The molecule has 22 heavy (non-hydrogen) atoms. The summed E-state index contributed by atoms with van der Waals surface area (Å²) in [6, 6.07) is 10.4. The monoisotopic (exact) mass is 300 g/mol. The quantitative estimate of drug-likeness (QED) is 0.672. The van der Waals surface area contributed by atoms with Crippen LogP contribution in [-0.4, -0.2) is 17.1 Å². The number of ether oxygens (including phenoxy) is 2. The molecule has 7 nitrogen and oxygen atoms in total. The zero-order valence-electron chi connectivity index (χ0n) is 11.6. The molecule has 0 fully saturated rings. The Bertz CT molecular complexity index is 730. The lowest BCUT2D eigenvalue weighted by Gasteiger charge is -2.10. The molecule has 0 spiro atoms. The minimum atomic E-state index is -0.583. The van der Waals surface area contributed by atoms with Gasteiger partial charge in [0.05, 0.1) is 18.6 Å². The number of nitro groups is 1. The number of nitrogens with zero attached hydrogens (tertiary/aromatic N) is 2. The molecule has 0 aliphatic carbocycles. The Kier molecular flexibility index (Phi) is 4.56. The van der Waals surface area contributed by atoms with Crippen LogP contribution in [0.4, 0.5) is 5.69 Å². The summed E-state index contributed by atoms with van der Waals surface area (Å²) in [5, 5.41) is 29.0. The van der Waals surface area contributed by atoms with Crippen molar-refractivity contribution < 1.29 is 19.5 Å². The van der Waals surface area contributed by atoms with Crippen molar-refractivity contribution in [3.63, 3.8) is 0 Å². The van der Waals surface area contributed by atoms with E-state index in [2.05, 4.69) is 0 Å². The zero-order valence-corrected chi connectivity index (χ0v) is 11.6. The summed E-state index contributed by atoms with van der Waals surface area (Å²) in [5.41, 5.74) is 0.433. The van der Waals surface area contributed by atoms with E-state index in [0.29, 0.717) is 17.1 Å². The van der Waals surface area contributed by atoms with Gasteiger partial charge >= 0.3 is 0 Å². The molecule has 1 N–H and O–H groups in total. The van der Waals surface area contributed by atoms with Gasteiger partial charge < -0.3 is 14.6 Å². The molecule has 0 aromatic heterocycles.